The van der Waals surface area contributed by atoms with Crippen molar-refractivity contribution < 1.29 is 17.9 Å². The lowest BCUT2D eigenvalue weighted by atomic mass is 10.1. The molecule has 3 aromatic heterocycles. The van der Waals surface area contributed by atoms with Gasteiger partial charge in [0.1, 0.15) is 23.7 Å². The average Bonchev–Trinajstić information content (AvgIpc) is 3.53. The van der Waals surface area contributed by atoms with Gasteiger partial charge in [-0.05, 0) is 49.7 Å². The van der Waals surface area contributed by atoms with Crippen molar-refractivity contribution >= 4 is 43.2 Å². The highest BCUT2D eigenvalue weighted by Crippen LogP contribution is 2.43. The molecule has 39 heavy (non-hydrogen) atoms. The lowest BCUT2D eigenvalue weighted by Gasteiger charge is -2.11. The Morgan fingerprint density at radius 3 is 2.41 bits per heavy atom. The molecule has 0 unspecified atom stereocenters. The van der Waals surface area contributed by atoms with Gasteiger partial charge in [0.05, 0.1) is 39.6 Å². The minimum absolute atomic E-state index is 0.189. The highest BCUT2D eigenvalue weighted by molar-refractivity contribution is 7.90. The number of ether oxygens (including phenoxy) is 2. The highest BCUT2D eigenvalue weighted by Gasteiger charge is 2.27. The zero-order valence-electron chi connectivity index (χ0n) is 21.6. The molecule has 0 N–H and O–H groups in total. The summed E-state index contributed by atoms with van der Waals surface area (Å²) in [5.74, 6) is 1.07. The highest BCUT2D eigenvalue weighted by atomic mass is 32.2. The first-order valence-electron chi connectivity index (χ1n) is 12.3. The Kier molecular flexibility index (Phi) is 6.32. The number of aromatic nitrogens is 3. The van der Waals surface area contributed by atoms with Crippen LogP contribution in [0, 0.1) is 13.8 Å². The standard InChI is InChI=1S/C30H25N3O4S2/c1-19-9-12-23(13-10-19)39(34,35)33-26-14-11-22(37-17-21-7-5-4-6-8-21)15-24(26)28-27(33)16-31-29(30(28)36-3)25-18-38-20(2)32-25/h4-16,18H,17H2,1-3H3. The van der Waals surface area contributed by atoms with Gasteiger partial charge in [-0.3, -0.25) is 0 Å². The summed E-state index contributed by atoms with van der Waals surface area (Å²) in [6.45, 7) is 4.23. The summed E-state index contributed by atoms with van der Waals surface area (Å²) >= 11 is 1.51. The molecular weight excluding hydrogens is 530 g/mol. The molecule has 0 saturated heterocycles. The molecule has 6 aromatic rings. The fourth-order valence-corrected chi connectivity index (χ4v) is 6.78. The number of aryl methyl sites for hydroxylation is 2. The summed E-state index contributed by atoms with van der Waals surface area (Å²) in [7, 11) is -2.40. The van der Waals surface area contributed by atoms with E-state index in [1.807, 2.05) is 55.6 Å². The smallest absolute Gasteiger partial charge is 0.268 e. The lowest BCUT2D eigenvalue weighted by molar-refractivity contribution is 0.306. The summed E-state index contributed by atoms with van der Waals surface area (Å²) in [6, 6.07) is 22.1. The van der Waals surface area contributed by atoms with Crippen LogP contribution >= 0.6 is 11.3 Å². The molecule has 0 bridgehead atoms. The second-order valence-electron chi connectivity index (χ2n) is 9.19. The minimum Gasteiger partial charge on any atom is -0.494 e. The van der Waals surface area contributed by atoms with E-state index >= 15 is 0 Å². The summed E-state index contributed by atoms with van der Waals surface area (Å²) in [5, 5.41) is 4.13. The van der Waals surface area contributed by atoms with Crippen molar-refractivity contribution in [3.8, 4) is 22.9 Å². The molecule has 0 atom stereocenters. The molecule has 3 heterocycles. The quantitative estimate of drug-likeness (QED) is 0.217. The number of pyridine rings is 1. The molecule has 0 aliphatic heterocycles. The fourth-order valence-electron chi connectivity index (χ4n) is 4.68. The van der Waals surface area contributed by atoms with Crippen molar-refractivity contribution in [2.45, 2.75) is 25.3 Å². The van der Waals surface area contributed by atoms with Crippen molar-refractivity contribution in [3.63, 3.8) is 0 Å². The van der Waals surface area contributed by atoms with Crippen LogP contribution in [0.1, 0.15) is 16.1 Å². The summed E-state index contributed by atoms with van der Waals surface area (Å²) in [4.78, 5) is 9.42. The second kappa shape index (κ2) is 9.83. The lowest BCUT2D eigenvalue weighted by Crippen LogP contribution is -2.13. The maximum Gasteiger partial charge on any atom is 0.268 e. The molecular formula is C30H25N3O4S2. The maximum atomic E-state index is 14.0. The van der Waals surface area contributed by atoms with E-state index in [1.54, 1.807) is 49.7 Å². The van der Waals surface area contributed by atoms with Gasteiger partial charge in [0.2, 0.25) is 0 Å². The number of nitrogens with zero attached hydrogens (tertiary/aromatic N) is 3. The Balaban J connectivity index is 1.61. The Morgan fingerprint density at radius 1 is 0.949 bits per heavy atom. The second-order valence-corrected chi connectivity index (χ2v) is 12.0. The average molecular weight is 556 g/mol. The Bertz CT molecular complexity index is 1930. The first-order valence-corrected chi connectivity index (χ1v) is 14.6. The van der Waals surface area contributed by atoms with E-state index in [9.17, 15) is 8.42 Å². The first-order chi connectivity index (χ1) is 18.9. The van der Waals surface area contributed by atoms with Crippen LogP contribution in [-0.2, 0) is 16.6 Å². The molecule has 9 heteroatoms. The number of fused-ring (bicyclic) bond motifs is 3. The van der Waals surface area contributed by atoms with E-state index in [0.29, 0.717) is 51.3 Å². The van der Waals surface area contributed by atoms with Gasteiger partial charge in [0.15, 0.2) is 5.75 Å². The topological polar surface area (TPSA) is 83.3 Å². The molecule has 0 radical (unpaired) electrons. The van der Waals surface area contributed by atoms with Gasteiger partial charge in [-0.25, -0.2) is 22.4 Å². The fraction of sp³-hybridized carbons (Fsp3) is 0.133. The zero-order valence-corrected chi connectivity index (χ0v) is 23.2. The molecule has 0 aliphatic rings. The number of rotatable bonds is 7. The zero-order chi connectivity index (χ0) is 27.1. The van der Waals surface area contributed by atoms with Crippen molar-refractivity contribution in [2.24, 2.45) is 0 Å². The van der Waals surface area contributed by atoms with Crippen LogP contribution in [-0.4, -0.2) is 29.5 Å². The molecule has 0 saturated carbocycles. The van der Waals surface area contributed by atoms with Gasteiger partial charge < -0.3 is 9.47 Å². The van der Waals surface area contributed by atoms with Crippen LogP contribution in [0.3, 0.4) is 0 Å². The molecule has 0 fully saturated rings. The van der Waals surface area contributed by atoms with Crippen LogP contribution in [0.5, 0.6) is 11.5 Å². The van der Waals surface area contributed by atoms with Gasteiger partial charge in [-0.2, -0.15) is 0 Å². The molecule has 0 amide bonds. The number of methoxy groups -OCH3 is 1. The van der Waals surface area contributed by atoms with E-state index in [1.165, 1.54) is 15.3 Å². The summed E-state index contributed by atoms with van der Waals surface area (Å²) in [5.41, 5.74) is 4.15. The van der Waals surface area contributed by atoms with E-state index in [0.717, 1.165) is 16.1 Å². The largest absolute Gasteiger partial charge is 0.494 e. The van der Waals surface area contributed by atoms with E-state index in [4.69, 9.17) is 9.47 Å². The van der Waals surface area contributed by atoms with Crippen LogP contribution in [0.4, 0.5) is 0 Å². The predicted octanol–water partition coefficient (Wildman–Crippen LogP) is 6.75. The number of thiazole rings is 1. The van der Waals surface area contributed by atoms with Crippen LogP contribution in [0.25, 0.3) is 33.2 Å². The van der Waals surface area contributed by atoms with E-state index in [2.05, 4.69) is 9.97 Å². The predicted molar refractivity (Wildman–Crippen MR) is 154 cm³/mol. The van der Waals surface area contributed by atoms with Gasteiger partial charge in [0.25, 0.3) is 10.0 Å². The monoisotopic (exact) mass is 555 g/mol. The molecule has 0 aliphatic carbocycles. The van der Waals surface area contributed by atoms with E-state index < -0.39 is 10.0 Å². The van der Waals surface area contributed by atoms with E-state index in [-0.39, 0.29) is 4.90 Å². The first kappa shape index (κ1) is 25.1. The maximum absolute atomic E-state index is 14.0. The Labute approximate surface area is 230 Å². The third kappa shape index (κ3) is 4.43. The van der Waals surface area contributed by atoms with Gasteiger partial charge in [-0.1, -0.05) is 48.0 Å². The van der Waals surface area contributed by atoms with Gasteiger partial charge in [0, 0.05) is 10.8 Å². The third-order valence-corrected chi connectivity index (χ3v) is 9.08. The molecule has 0 spiro atoms. The van der Waals surface area contributed by atoms with Crippen molar-refractivity contribution in [3.05, 3.63) is 101 Å². The van der Waals surface area contributed by atoms with Crippen molar-refractivity contribution in [1.82, 2.24) is 13.9 Å². The minimum atomic E-state index is -3.97. The Morgan fingerprint density at radius 2 is 1.72 bits per heavy atom. The van der Waals surface area contributed by atoms with Crippen molar-refractivity contribution in [2.75, 3.05) is 7.11 Å². The van der Waals surface area contributed by atoms with Crippen LogP contribution < -0.4 is 9.47 Å². The molecule has 6 rings (SSSR count). The number of hydrogen-bond donors (Lipinski definition) is 0. The van der Waals surface area contributed by atoms with Crippen molar-refractivity contribution in [1.29, 1.82) is 0 Å². The molecule has 7 nitrogen and oxygen atoms in total. The number of hydrogen-bond acceptors (Lipinski definition) is 7. The summed E-state index contributed by atoms with van der Waals surface area (Å²) in [6.07, 6.45) is 1.58. The van der Waals surface area contributed by atoms with Crippen LogP contribution in [0.2, 0.25) is 0 Å². The Hall–Kier alpha value is -4.21. The SMILES string of the molecule is COc1c(-c2csc(C)n2)ncc2c1c1cc(OCc3ccccc3)ccc1n2S(=O)(=O)c1ccc(C)cc1. The molecule has 196 valence electrons. The molecule has 3 aromatic carbocycles. The number of benzene rings is 3. The normalized spacial score (nSPS) is 11.8. The van der Waals surface area contributed by atoms with Gasteiger partial charge in [-0.15, -0.1) is 11.3 Å². The van der Waals surface area contributed by atoms with Gasteiger partial charge >= 0.3 is 0 Å². The summed E-state index contributed by atoms with van der Waals surface area (Å²) < 4.78 is 41.4. The third-order valence-electron chi connectivity index (χ3n) is 6.56. The van der Waals surface area contributed by atoms with Crippen LogP contribution in [0.15, 0.2) is 89.3 Å².